The molecule has 2 amide bonds. The molecule has 0 radical (unpaired) electrons. The number of hydrogen-bond acceptors (Lipinski definition) is 2. The number of nitrogens with one attached hydrogen (secondary N) is 1. The molecule has 0 spiro atoms. The second-order valence-corrected chi connectivity index (χ2v) is 5.04. The fourth-order valence-electron chi connectivity index (χ4n) is 2.10. The predicted octanol–water partition coefficient (Wildman–Crippen LogP) is 2.67. The van der Waals surface area contributed by atoms with Crippen molar-refractivity contribution in [2.45, 2.75) is 13.3 Å². The molecule has 0 aliphatic carbocycles. The van der Waals surface area contributed by atoms with Gasteiger partial charge in [-0.25, -0.2) is 0 Å². The van der Waals surface area contributed by atoms with Gasteiger partial charge in [0.25, 0.3) is 0 Å². The summed E-state index contributed by atoms with van der Waals surface area (Å²) in [5.74, 6) is -0.685. The summed E-state index contributed by atoms with van der Waals surface area (Å²) in [5.41, 5.74) is 8.60. The first-order valence-corrected chi connectivity index (χ1v) is 6.96. The van der Waals surface area contributed by atoms with E-state index in [1.807, 2.05) is 31.2 Å². The number of amides is 2. The third-order valence-electron chi connectivity index (χ3n) is 3.11. The van der Waals surface area contributed by atoms with Crippen LogP contribution in [0.3, 0.4) is 0 Å². The Morgan fingerprint density at radius 3 is 2.64 bits per heavy atom. The van der Waals surface area contributed by atoms with Crippen LogP contribution in [-0.4, -0.2) is 11.8 Å². The average molecular weight is 294 g/mol. The summed E-state index contributed by atoms with van der Waals surface area (Å²) in [7, 11) is 0. The van der Waals surface area contributed by atoms with Crippen LogP contribution in [0.25, 0.3) is 6.08 Å². The minimum atomic E-state index is -0.433. The van der Waals surface area contributed by atoms with Gasteiger partial charge in [0.15, 0.2) is 0 Å². The van der Waals surface area contributed by atoms with Crippen molar-refractivity contribution in [3.8, 4) is 0 Å². The first kappa shape index (κ1) is 15.5. The summed E-state index contributed by atoms with van der Waals surface area (Å²) in [6.07, 6.45) is 3.31. The largest absolute Gasteiger partial charge is 0.369 e. The Morgan fingerprint density at radius 2 is 1.91 bits per heavy atom. The molecule has 0 saturated heterocycles. The first-order valence-electron chi connectivity index (χ1n) is 6.96. The third-order valence-corrected chi connectivity index (χ3v) is 3.11. The number of carbonyl (C=O) groups excluding carboxylic acids is 2. The highest BCUT2D eigenvalue weighted by atomic mass is 16.1. The van der Waals surface area contributed by atoms with E-state index in [-0.39, 0.29) is 12.3 Å². The number of primary amides is 1. The monoisotopic (exact) mass is 294 g/mol. The zero-order chi connectivity index (χ0) is 15.9. The average Bonchev–Trinajstić information content (AvgIpc) is 2.47. The van der Waals surface area contributed by atoms with Gasteiger partial charge in [-0.1, -0.05) is 48.0 Å². The maximum absolute atomic E-state index is 12.0. The van der Waals surface area contributed by atoms with Crippen molar-refractivity contribution in [3.63, 3.8) is 0 Å². The molecular weight excluding hydrogens is 276 g/mol. The Kier molecular flexibility index (Phi) is 5.09. The molecular formula is C18H18N2O2. The highest BCUT2D eigenvalue weighted by Gasteiger charge is 2.06. The molecule has 0 atom stereocenters. The van der Waals surface area contributed by atoms with Crippen LogP contribution in [0.15, 0.2) is 54.6 Å². The second kappa shape index (κ2) is 7.22. The van der Waals surface area contributed by atoms with Crippen LogP contribution in [-0.2, 0) is 16.0 Å². The second-order valence-electron chi connectivity index (χ2n) is 5.04. The molecule has 2 rings (SSSR count). The van der Waals surface area contributed by atoms with Crippen LogP contribution < -0.4 is 11.1 Å². The fourth-order valence-corrected chi connectivity index (χ4v) is 2.10. The van der Waals surface area contributed by atoms with Crippen molar-refractivity contribution in [2.75, 3.05) is 5.32 Å². The molecule has 0 aliphatic heterocycles. The molecule has 0 heterocycles. The Labute approximate surface area is 129 Å². The number of benzene rings is 2. The van der Waals surface area contributed by atoms with Gasteiger partial charge in [0.1, 0.15) is 0 Å². The zero-order valence-electron chi connectivity index (χ0n) is 12.4. The van der Waals surface area contributed by atoms with Crippen molar-refractivity contribution in [1.82, 2.24) is 0 Å². The standard InChI is InChI=1S/C18H18N2O2/c1-13-5-4-6-14(11-13)9-10-18(22)20-16-8-3-2-7-15(16)12-17(19)21/h2-11H,12H2,1H3,(H2,19,21)(H,20,22)/b10-9+. The highest BCUT2D eigenvalue weighted by molar-refractivity contribution is 6.02. The molecule has 2 aromatic carbocycles. The van der Waals surface area contributed by atoms with E-state index in [4.69, 9.17) is 5.73 Å². The van der Waals surface area contributed by atoms with Gasteiger partial charge in [0.05, 0.1) is 6.42 Å². The Bertz CT molecular complexity index is 721. The molecule has 3 N–H and O–H groups in total. The van der Waals surface area contributed by atoms with Crippen LogP contribution in [0, 0.1) is 6.92 Å². The molecule has 0 fully saturated rings. The van der Waals surface area contributed by atoms with Gasteiger partial charge < -0.3 is 11.1 Å². The van der Waals surface area contributed by atoms with Gasteiger partial charge in [0.2, 0.25) is 11.8 Å². The van der Waals surface area contributed by atoms with Crippen LogP contribution in [0.2, 0.25) is 0 Å². The number of nitrogens with two attached hydrogens (primary N) is 1. The quantitative estimate of drug-likeness (QED) is 0.832. The van der Waals surface area contributed by atoms with Gasteiger partial charge in [-0.2, -0.15) is 0 Å². The van der Waals surface area contributed by atoms with Gasteiger partial charge in [0, 0.05) is 11.8 Å². The summed E-state index contributed by atoms with van der Waals surface area (Å²) in [5, 5.41) is 2.77. The van der Waals surface area contributed by atoms with Crippen LogP contribution >= 0.6 is 0 Å². The Morgan fingerprint density at radius 1 is 1.14 bits per heavy atom. The fraction of sp³-hybridized carbons (Fsp3) is 0.111. The maximum Gasteiger partial charge on any atom is 0.248 e. The number of rotatable bonds is 5. The maximum atomic E-state index is 12.0. The topological polar surface area (TPSA) is 72.2 Å². The van der Waals surface area contributed by atoms with Crippen molar-refractivity contribution >= 4 is 23.6 Å². The Balaban J connectivity index is 2.08. The van der Waals surface area contributed by atoms with E-state index >= 15 is 0 Å². The number of aryl methyl sites for hydroxylation is 1. The molecule has 0 unspecified atom stereocenters. The summed E-state index contributed by atoms with van der Waals surface area (Å²) in [6.45, 7) is 2.00. The lowest BCUT2D eigenvalue weighted by Crippen LogP contribution is -2.16. The number of para-hydroxylation sites is 1. The summed E-state index contributed by atoms with van der Waals surface area (Å²) in [6, 6.07) is 15.0. The lowest BCUT2D eigenvalue weighted by molar-refractivity contribution is -0.117. The van der Waals surface area contributed by atoms with Crippen molar-refractivity contribution in [2.24, 2.45) is 5.73 Å². The lowest BCUT2D eigenvalue weighted by Gasteiger charge is -2.08. The van der Waals surface area contributed by atoms with Crippen molar-refractivity contribution in [1.29, 1.82) is 0 Å². The number of hydrogen-bond donors (Lipinski definition) is 2. The SMILES string of the molecule is Cc1cccc(/C=C/C(=O)Nc2ccccc2CC(N)=O)c1. The normalized spacial score (nSPS) is 10.6. The minimum Gasteiger partial charge on any atom is -0.369 e. The molecule has 22 heavy (non-hydrogen) atoms. The van der Waals surface area contributed by atoms with Gasteiger partial charge in [-0.3, -0.25) is 9.59 Å². The molecule has 0 aromatic heterocycles. The van der Waals surface area contributed by atoms with E-state index in [2.05, 4.69) is 5.32 Å². The van der Waals surface area contributed by atoms with E-state index < -0.39 is 5.91 Å². The van der Waals surface area contributed by atoms with Gasteiger partial charge in [-0.05, 0) is 30.2 Å². The highest BCUT2D eigenvalue weighted by Crippen LogP contribution is 2.15. The first-order chi connectivity index (χ1) is 10.5. The molecule has 0 saturated carbocycles. The summed E-state index contributed by atoms with van der Waals surface area (Å²) < 4.78 is 0. The molecule has 4 heteroatoms. The minimum absolute atomic E-state index is 0.0953. The van der Waals surface area contributed by atoms with Crippen molar-refractivity contribution in [3.05, 3.63) is 71.3 Å². The van der Waals surface area contributed by atoms with E-state index in [0.717, 1.165) is 11.1 Å². The van der Waals surface area contributed by atoms with E-state index in [1.54, 1.807) is 30.3 Å². The van der Waals surface area contributed by atoms with E-state index in [0.29, 0.717) is 11.3 Å². The van der Waals surface area contributed by atoms with Crippen molar-refractivity contribution < 1.29 is 9.59 Å². The predicted molar refractivity (Wildman–Crippen MR) is 88.2 cm³/mol. The lowest BCUT2D eigenvalue weighted by atomic mass is 10.1. The van der Waals surface area contributed by atoms with Crippen LogP contribution in [0.4, 0.5) is 5.69 Å². The molecule has 112 valence electrons. The molecule has 0 aliphatic rings. The van der Waals surface area contributed by atoms with E-state index in [1.165, 1.54) is 6.08 Å². The van der Waals surface area contributed by atoms with Crippen LogP contribution in [0.5, 0.6) is 0 Å². The molecule has 0 bridgehead atoms. The van der Waals surface area contributed by atoms with Gasteiger partial charge in [-0.15, -0.1) is 0 Å². The Hall–Kier alpha value is -2.88. The van der Waals surface area contributed by atoms with E-state index in [9.17, 15) is 9.59 Å². The summed E-state index contributed by atoms with van der Waals surface area (Å²) >= 11 is 0. The molecule has 4 nitrogen and oxygen atoms in total. The molecule has 2 aromatic rings. The zero-order valence-corrected chi connectivity index (χ0v) is 12.4. The van der Waals surface area contributed by atoms with Crippen LogP contribution in [0.1, 0.15) is 16.7 Å². The number of anilines is 1. The smallest absolute Gasteiger partial charge is 0.248 e. The van der Waals surface area contributed by atoms with Gasteiger partial charge >= 0.3 is 0 Å². The third kappa shape index (κ3) is 4.59. The number of carbonyl (C=O) groups is 2. The summed E-state index contributed by atoms with van der Waals surface area (Å²) in [4.78, 5) is 23.0.